The third kappa shape index (κ3) is 3.70. The van der Waals surface area contributed by atoms with Crippen LogP contribution in [0.4, 0.5) is 17.2 Å². The van der Waals surface area contributed by atoms with Crippen molar-refractivity contribution in [3.63, 3.8) is 0 Å². The van der Waals surface area contributed by atoms with Crippen LogP contribution in [0, 0.1) is 13.8 Å². The summed E-state index contributed by atoms with van der Waals surface area (Å²) in [6.07, 6.45) is 0. The molecule has 2 N–H and O–H groups in total. The molecule has 0 aliphatic carbocycles. The van der Waals surface area contributed by atoms with E-state index in [1.165, 1.54) is 0 Å². The number of carbonyl (C=O) groups is 1. The summed E-state index contributed by atoms with van der Waals surface area (Å²) in [4.78, 5) is 21.3. The van der Waals surface area contributed by atoms with Crippen LogP contribution < -0.4 is 20.1 Å². The standard InChI is InChI=1S/C20H17ClN4O3/c1-11-14(21)4-3-5-15(11)25-19-9-16(22-12(2)23-19)20(26)24-13-6-7-17-18(8-13)28-10-27-17/h3-9H,10H2,1-2H3,(H,24,26)(H,22,23,25). The molecular weight excluding hydrogens is 380 g/mol. The molecule has 2 aromatic carbocycles. The largest absolute Gasteiger partial charge is 0.454 e. The third-order valence-electron chi connectivity index (χ3n) is 4.23. The lowest BCUT2D eigenvalue weighted by atomic mass is 10.2. The van der Waals surface area contributed by atoms with Crippen molar-refractivity contribution in [2.24, 2.45) is 0 Å². The molecule has 3 aromatic rings. The average molecular weight is 397 g/mol. The van der Waals surface area contributed by atoms with Gasteiger partial charge in [0.1, 0.15) is 17.3 Å². The van der Waals surface area contributed by atoms with Crippen LogP contribution in [0.2, 0.25) is 5.02 Å². The van der Waals surface area contributed by atoms with Crippen molar-refractivity contribution in [3.05, 3.63) is 64.6 Å². The Hall–Kier alpha value is -3.32. The number of fused-ring (bicyclic) bond motifs is 1. The summed E-state index contributed by atoms with van der Waals surface area (Å²) in [5.41, 5.74) is 2.54. The molecule has 0 spiro atoms. The van der Waals surface area contributed by atoms with E-state index in [-0.39, 0.29) is 18.4 Å². The number of ether oxygens (including phenoxy) is 2. The highest BCUT2D eigenvalue weighted by Crippen LogP contribution is 2.34. The Bertz CT molecular complexity index is 1070. The number of halogens is 1. The fraction of sp³-hybridized carbons (Fsp3) is 0.150. The number of anilines is 3. The SMILES string of the molecule is Cc1nc(Nc2cccc(Cl)c2C)cc(C(=O)Nc2ccc3c(c2)OCO3)n1. The highest BCUT2D eigenvalue weighted by atomic mass is 35.5. The minimum absolute atomic E-state index is 0.176. The number of carbonyl (C=O) groups excluding carboxylic acids is 1. The summed E-state index contributed by atoms with van der Waals surface area (Å²) in [6, 6.07) is 12.4. The molecule has 142 valence electrons. The lowest BCUT2D eigenvalue weighted by Gasteiger charge is -2.12. The van der Waals surface area contributed by atoms with Crippen molar-refractivity contribution in [1.29, 1.82) is 0 Å². The highest BCUT2D eigenvalue weighted by molar-refractivity contribution is 6.31. The number of nitrogens with one attached hydrogen (secondary N) is 2. The van der Waals surface area contributed by atoms with Crippen LogP contribution in [-0.4, -0.2) is 22.7 Å². The number of amides is 1. The van der Waals surface area contributed by atoms with Gasteiger partial charge in [-0.3, -0.25) is 4.79 Å². The second-order valence-electron chi connectivity index (χ2n) is 6.25. The lowest BCUT2D eigenvalue weighted by Crippen LogP contribution is -2.15. The Labute approximate surface area is 166 Å². The van der Waals surface area contributed by atoms with E-state index >= 15 is 0 Å². The van der Waals surface area contributed by atoms with E-state index in [4.69, 9.17) is 21.1 Å². The van der Waals surface area contributed by atoms with E-state index < -0.39 is 0 Å². The Morgan fingerprint density at radius 1 is 1.07 bits per heavy atom. The van der Waals surface area contributed by atoms with E-state index in [1.54, 1.807) is 31.2 Å². The smallest absolute Gasteiger partial charge is 0.274 e. The van der Waals surface area contributed by atoms with Gasteiger partial charge in [0.2, 0.25) is 6.79 Å². The summed E-state index contributed by atoms with van der Waals surface area (Å²) in [5, 5.41) is 6.66. The number of aromatic nitrogens is 2. The quantitative estimate of drug-likeness (QED) is 0.676. The van der Waals surface area contributed by atoms with Crippen LogP contribution in [-0.2, 0) is 0 Å². The lowest BCUT2D eigenvalue weighted by molar-refractivity contribution is 0.102. The van der Waals surface area contributed by atoms with Gasteiger partial charge in [-0.25, -0.2) is 9.97 Å². The number of aryl methyl sites for hydroxylation is 1. The topological polar surface area (TPSA) is 85.4 Å². The van der Waals surface area contributed by atoms with Crippen molar-refractivity contribution in [3.8, 4) is 11.5 Å². The predicted molar refractivity (Wildman–Crippen MR) is 107 cm³/mol. The molecule has 0 saturated heterocycles. The molecule has 0 saturated carbocycles. The molecule has 0 bridgehead atoms. The fourth-order valence-corrected chi connectivity index (χ4v) is 2.97. The third-order valence-corrected chi connectivity index (χ3v) is 4.64. The van der Waals surface area contributed by atoms with E-state index in [9.17, 15) is 4.79 Å². The van der Waals surface area contributed by atoms with Gasteiger partial charge in [0.15, 0.2) is 11.5 Å². The first-order chi connectivity index (χ1) is 13.5. The maximum atomic E-state index is 12.7. The van der Waals surface area contributed by atoms with E-state index in [0.29, 0.717) is 33.9 Å². The number of benzene rings is 2. The van der Waals surface area contributed by atoms with Crippen molar-refractivity contribution in [1.82, 2.24) is 9.97 Å². The van der Waals surface area contributed by atoms with Crippen LogP contribution in [0.1, 0.15) is 21.9 Å². The molecule has 0 atom stereocenters. The molecule has 1 aromatic heterocycles. The van der Waals surface area contributed by atoms with Gasteiger partial charge >= 0.3 is 0 Å². The van der Waals surface area contributed by atoms with Gasteiger partial charge in [-0.1, -0.05) is 17.7 Å². The van der Waals surface area contributed by atoms with Gasteiger partial charge in [-0.2, -0.15) is 0 Å². The minimum Gasteiger partial charge on any atom is -0.454 e. The van der Waals surface area contributed by atoms with Crippen LogP contribution in [0.25, 0.3) is 0 Å². The molecule has 0 fully saturated rings. The summed E-state index contributed by atoms with van der Waals surface area (Å²) in [5.74, 6) is 1.87. The molecule has 1 aliphatic rings. The summed E-state index contributed by atoms with van der Waals surface area (Å²) in [6.45, 7) is 3.81. The molecule has 2 heterocycles. The van der Waals surface area contributed by atoms with Gasteiger partial charge in [-0.15, -0.1) is 0 Å². The normalized spacial score (nSPS) is 12.0. The van der Waals surface area contributed by atoms with E-state index in [2.05, 4.69) is 20.6 Å². The minimum atomic E-state index is -0.352. The van der Waals surface area contributed by atoms with Crippen LogP contribution in [0.3, 0.4) is 0 Å². The van der Waals surface area contributed by atoms with E-state index in [1.807, 2.05) is 25.1 Å². The van der Waals surface area contributed by atoms with Gasteiger partial charge in [0.25, 0.3) is 5.91 Å². The van der Waals surface area contributed by atoms with Crippen LogP contribution >= 0.6 is 11.6 Å². The van der Waals surface area contributed by atoms with Crippen molar-refractivity contribution in [2.75, 3.05) is 17.4 Å². The maximum absolute atomic E-state index is 12.7. The molecular formula is C20H17ClN4O3. The number of rotatable bonds is 4. The second kappa shape index (κ2) is 7.36. The van der Waals surface area contributed by atoms with Crippen molar-refractivity contribution >= 4 is 34.7 Å². The monoisotopic (exact) mass is 396 g/mol. The van der Waals surface area contributed by atoms with E-state index in [0.717, 1.165) is 11.3 Å². The zero-order chi connectivity index (χ0) is 19.7. The summed E-state index contributed by atoms with van der Waals surface area (Å²) in [7, 11) is 0. The van der Waals surface area contributed by atoms with Gasteiger partial charge in [0.05, 0.1) is 0 Å². The molecule has 8 heteroatoms. The average Bonchev–Trinajstić information content (AvgIpc) is 3.13. The summed E-state index contributed by atoms with van der Waals surface area (Å²) >= 11 is 6.17. The molecule has 0 unspecified atom stereocenters. The molecule has 7 nitrogen and oxygen atoms in total. The van der Waals surface area contributed by atoms with Gasteiger partial charge in [-0.05, 0) is 43.7 Å². The molecule has 0 radical (unpaired) electrons. The predicted octanol–water partition coefficient (Wildman–Crippen LogP) is 4.47. The molecule has 1 aliphatic heterocycles. The second-order valence-corrected chi connectivity index (χ2v) is 6.65. The Morgan fingerprint density at radius 3 is 2.75 bits per heavy atom. The zero-order valence-corrected chi connectivity index (χ0v) is 16.0. The Morgan fingerprint density at radius 2 is 1.89 bits per heavy atom. The first kappa shape index (κ1) is 18.1. The van der Waals surface area contributed by atoms with Crippen LogP contribution in [0.5, 0.6) is 11.5 Å². The first-order valence-electron chi connectivity index (χ1n) is 8.58. The van der Waals surface area contributed by atoms with Crippen molar-refractivity contribution < 1.29 is 14.3 Å². The van der Waals surface area contributed by atoms with Crippen molar-refractivity contribution in [2.45, 2.75) is 13.8 Å². The van der Waals surface area contributed by atoms with Gasteiger partial charge < -0.3 is 20.1 Å². The molecule has 4 rings (SSSR count). The number of hydrogen-bond donors (Lipinski definition) is 2. The van der Waals surface area contributed by atoms with Crippen LogP contribution in [0.15, 0.2) is 42.5 Å². The highest BCUT2D eigenvalue weighted by Gasteiger charge is 2.16. The molecule has 28 heavy (non-hydrogen) atoms. The maximum Gasteiger partial charge on any atom is 0.274 e. The summed E-state index contributed by atoms with van der Waals surface area (Å²) < 4.78 is 10.6. The first-order valence-corrected chi connectivity index (χ1v) is 8.96. The number of nitrogens with zero attached hydrogens (tertiary/aromatic N) is 2. The molecule has 1 amide bonds. The fourth-order valence-electron chi connectivity index (χ4n) is 2.80. The number of hydrogen-bond acceptors (Lipinski definition) is 6. The zero-order valence-electron chi connectivity index (χ0n) is 15.2. The van der Waals surface area contributed by atoms with Gasteiger partial charge in [0, 0.05) is 28.5 Å². The Kier molecular flexibility index (Phi) is 4.75. The Balaban J connectivity index is 1.56.